The van der Waals surface area contributed by atoms with Crippen molar-refractivity contribution in [1.29, 1.82) is 0 Å². The molecule has 0 bridgehead atoms. The molecule has 16 heavy (non-hydrogen) atoms. The maximum Gasteiger partial charge on any atom is 0.0575 e. The molecular weight excluding hydrogens is 200 g/mol. The van der Waals surface area contributed by atoms with E-state index in [0.29, 0.717) is 5.92 Å². The van der Waals surface area contributed by atoms with E-state index in [4.69, 9.17) is 10.6 Å². The maximum atomic E-state index is 6.28. The van der Waals surface area contributed by atoms with Gasteiger partial charge in [0.2, 0.25) is 0 Å². The standard InChI is InChI=1S/C13H28N2O/c1-11(2)8-10(13(5,6)14)9-12(3,4)15(11)16-7/h10H,8-9,14H2,1-7H3. The first kappa shape index (κ1) is 13.9. The molecule has 3 heteroatoms. The first-order valence-electron chi connectivity index (χ1n) is 6.14. The van der Waals surface area contributed by atoms with Gasteiger partial charge in [0.25, 0.3) is 0 Å². The summed E-state index contributed by atoms with van der Waals surface area (Å²) in [6.45, 7) is 13.2. The fourth-order valence-corrected chi connectivity index (χ4v) is 3.28. The molecule has 1 saturated heterocycles. The molecule has 0 aliphatic carbocycles. The van der Waals surface area contributed by atoms with Crippen LogP contribution >= 0.6 is 0 Å². The van der Waals surface area contributed by atoms with Crippen LogP contribution in [0.15, 0.2) is 0 Å². The SMILES string of the molecule is CON1C(C)(C)CC(C(C)(C)N)CC1(C)C. The molecule has 0 saturated carbocycles. The first-order chi connectivity index (χ1) is 7.00. The van der Waals surface area contributed by atoms with E-state index in [2.05, 4.69) is 46.6 Å². The largest absolute Gasteiger partial charge is 0.325 e. The summed E-state index contributed by atoms with van der Waals surface area (Å²) in [5.41, 5.74) is 6.24. The highest BCUT2D eigenvalue weighted by molar-refractivity contribution is 5.01. The van der Waals surface area contributed by atoms with E-state index < -0.39 is 0 Å². The Morgan fingerprint density at radius 1 is 1.12 bits per heavy atom. The Hall–Kier alpha value is -0.120. The number of hydrogen-bond acceptors (Lipinski definition) is 3. The van der Waals surface area contributed by atoms with Gasteiger partial charge in [0.05, 0.1) is 7.11 Å². The summed E-state index contributed by atoms with van der Waals surface area (Å²) < 4.78 is 0. The van der Waals surface area contributed by atoms with Crippen molar-refractivity contribution in [3.05, 3.63) is 0 Å². The Bertz CT molecular complexity index is 235. The van der Waals surface area contributed by atoms with Crippen LogP contribution in [0.5, 0.6) is 0 Å². The van der Waals surface area contributed by atoms with Crippen molar-refractivity contribution in [1.82, 2.24) is 5.06 Å². The van der Waals surface area contributed by atoms with E-state index in [9.17, 15) is 0 Å². The van der Waals surface area contributed by atoms with Crippen LogP contribution in [0.25, 0.3) is 0 Å². The fraction of sp³-hybridized carbons (Fsp3) is 1.00. The minimum absolute atomic E-state index is 0.0395. The van der Waals surface area contributed by atoms with Crippen molar-refractivity contribution in [3.8, 4) is 0 Å². The van der Waals surface area contributed by atoms with Gasteiger partial charge < -0.3 is 10.6 Å². The summed E-state index contributed by atoms with van der Waals surface area (Å²) in [6.07, 6.45) is 2.15. The van der Waals surface area contributed by atoms with Crippen LogP contribution in [0.2, 0.25) is 0 Å². The summed E-state index contributed by atoms with van der Waals surface area (Å²) in [6, 6.07) is 0. The van der Waals surface area contributed by atoms with Gasteiger partial charge in [-0.15, -0.1) is 0 Å². The summed E-state index contributed by atoms with van der Waals surface area (Å²) >= 11 is 0. The Morgan fingerprint density at radius 2 is 1.50 bits per heavy atom. The minimum atomic E-state index is -0.117. The lowest BCUT2D eigenvalue weighted by atomic mass is 9.68. The molecule has 2 N–H and O–H groups in total. The Labute approximate surface area is 100 Å². The second kappa shape index (κ2) is 3.97. The highest BCUT2D eigenvalue weighted by Gasteiger charge is 2.48. The van der Waals surface area contributed by atoms with Crippen LogP contribution < -0.4 is 5.73 Å². The molecule has 0 amide bonds. The maximum absolute atomic E-state index is 6.28. The Kier molecular flexibility index (Phi) is 3.46. The fourth-order valence-electron chi connectivity index (χ4n) is 3.28. The van der Waals surface area contributed by atoms with Crippen molar-refractivity contribution in [3.63, 3.8) is 0 Å². The van der Waals surface area contributed by atoms with Gasteiger partial charge in [0, 0.05) is 16.6 Å². The van der Waals surface area contributed by atoms with Gasteiger partial charge in [-0.1, -0.05) is 0 Å². The van der Waals surface area contributed by atoms with Gasteiger partial charge in [0.1, 0.15) is 0 Å². The van der Waals surface area contributed by atoms with Crippen molar-refractivity contribution < 1.29 is 4.84 Å². The van der Waals surface area contributed by atoms with Gasteiger partial charge in [-0.2, -0.15) is 5.06 Å². The molecule has 1 rings (SSSR count). The van der Waals surface area contributed by atoms with Crippen LogP contribution in [-0.2, 0) is 4.84 Å². The van der Waals surface area contributed by atoms with Crippen molar-refractivity contribution in [2.24, 2.45) is 11.7 Å². The topological polar surface area (TPSA) is 38.5 Å². The molecule has 0 aromatic rings. The second-order valence-electron chi connectivity index (χ2n) is 7.03. The summed E-state index contributed by atoms with van der Waals surface area (Å²) in [7, 11) is 1.76. The van der Waals surface area contributed by atoms with Crippen LogP contribution in [-0.4, -0.2) is 28.8 Å². The predicted octanol–water partition coefficient (Wildman–Crippen LogP) is 2.55. The van der Waals surface area contributed by atoms with Crippen molar-refractivity contribution in [2.45, 2.75) is 71.0 Å². The quantitative estimate of drug-likeness (QED) is 0.789. The monoisotopic (exact) mass is 228 g/mol. The molecule has 0 aromatic heterocycles. The van der Waals surface area contributed by atoms with Gasteiger partial charge in [-0.3, -0.25) is 0 Å². The molecule has 1 heterocycles. The third-order valence-electron chi connectivity index (χ3n) is 3.83. The zero-order chi connectivity index (χ0) is 12.8. The van der Waals surface area contributed by atoms with Crippen LogP contribution in [0, 0.1) is 5.92 Å². The van der Waals surface area contributed by atoms with Crippen molar-refractivity contribution >= 4 is 0 Å². The molecule has 1 aliphatic heterocycles. The van der Waals surface area contributed by atoms with Crippen LogP contribution in [0.1, 0.15) is 54.4 Å². The number of nitrogens with zero attached hydrogens (tertiary/aromatic N) is 1. The van der Waals surface area contributed by atoms with Crippen LogP contribution in [0.4, 0.5) is 0 Å². The average molecular weight is 228 g/mol. The first-order valence-corrected chi connectivity index (χ1v) is 6.14. The van der Waals surface area contributed by atoms with Gasteiger partial charge in [-0.05, 0) is 60.3 Å². The molecule has 0 radical (unpaired) electrons. The van der Waals surface area contributed by atoms with E-state index in [0.717, 1.165) is 12.8 Å². The third-order valence-corrected chi connectivity index (χ3v) is 3.83. The number of piperidine rings is 1. The highest BCUT2D eigenvalue weighted by Crippen LogP contribution is 2.44. The lowest BCUT2D eigenvalue weighted by Crippen LogP contribution is -2.63. The Balaban J connectivity index is 2.98. The molecule has 0 aromatic carbocycles. The van der Waals surface area contributed by atoms with E-state index in [-0.39, 0.29) is 16.6 Å². The van der Waals surface area contributed by atoms with Crippen molar-refractivity contribution in [2.75, 3.05) is 7.11 Å². The lowest BCUT2D eigenvalue weighted by Gasteiger charge is -2.55. The molecule has 0 atom stereocenters. The summed E-state index contributed by atoms with van der Waals surface area (Å²) in [4.78, 5) is 5.58. The number of nitrogens with two attached hydrogens (primary N) is 1. The number of hydroxylamine groups is 2. The predicted molar refractivity (Wildman–Crippen MR) is 68.0 cm³/mol. The summed E-state index contributed by atoms with van der Waals surface area (Å²) in [5, 5.41) is 2.13. The minimum Gasteiger partial charge on any atom is -0.325 e. The molecule has 1 aliphatic rings. The molecule has 3 nitrogen and oxygen atoms in total. The van der Waals surface area contributed by atoms with E-state index in [1.54, 1.807) is 7.11 Å². The zero-order valence-electron chi connectivity index (χ0n) is 11.9. The zero-order valence-corrected chi connectivity index (χ0v) is 11.9. The highest BCUT2D eigenvalue weighted by atomic mass is 16.7. The summed E-state index contributed by atoms with van der Waals surface area (Å²) in [5.74, 6) is 0.531. The third kappa shape index (κ3) is 2.58. The van der Waals surface area contributed by atoms with E-state index >= 15 is 0 Å². The molecule has 0 unspecified atom stereocenters. The smallest absolute Gasteiger partial charge is 0.0575 e. The number of hydrogen-bond donors (Lipinski definition) is 1. The van der Waals surface area contributed by atoms with Gasteiger partial charge in [-0.25, -0.2) is 0 Å². The van der Waals surface area contributed by atoms with Crippen LogP contribution in [0.3, 0.4) is 0 Å². The average Bonchev–Trinajstić information content (AvgIpc) is 1.97. The molecule has 0 spiro atoms. The lowest BCUT2D eigenvalue weighted by molar-refractivity contribution is -0.274. The van der Waals surface area contributed by atoms with E-state index in [1.165, 1.54) is 0 Å². The Morgan fingerprint density at radius 3 is 1.75 bits per heavy atom. The second-order valence-corrected chi connectivity index (χ2v) is 7.03. The molecule has 1 fully saturated rings. The number of rotatable bonds is 2. The van der Waals surface area contributed by atoms with E-state index in [1.807, 2.05) is 0 Å². The van der Waals surface area contributed by atoms with Gasteiger partial charge in [0.15, 0.2) is 0 Å². The van der Waals surface area contributed by atoms with Gasteiger partial charge >= 0.3 is 0 Å². The normalized spacial score (nSPS) is 27.0. The molecular formula is C13H28N2O. The molecule has 96 valence electrons.